The molecule has 0 atom stereocenters. The van der Waals surface area contributed by atoms with Crippen molar-refractivity contribution in [1.82, 2.24) is 20.5 Å². The van der Waals surface area contributed by atoms with Crippen LogP contribution < -0.4 is 15.5 Å². The molecule has 0 aliphatic carbocycles. The summed E-state index contributed by atoms with van der Waals surface area (Å²) in [6, 6.07) is 16.8. The number of ether oxygens (including phenoxy) is 1. The van der Waals surface area contributed by atoms with Crippen LogP contribution in [-0.2, 0) is 17.8 Å². The lowest BCUT2D eigenvalue weighted by atomic mass is 10.1. The van der Waals surface area contributed by atoms with Gasteiger partial charge in [0.25, 0.3) is 0 Å². The molecule has 1 aromatic heterocycles. The fourth-order valence-electron chi connectivity index (χ4n) is 3.81. The van der Waals surface area contributed by atoms with Crippen LogP contribution in [-0.4, -0.2) is 69.3 Å². The number of aromatic nitrogens is 1. The Hall–Kier alpha value is -2.64. The van der Waals surface area contributed by atoms with Crippen molar-refractivity contribution in [1.29, 1.82) is 0 Å². The minimum atomic E-state index is 0.384. The number of nitrogens with zero attached hydrogens (tertiary/aromatic N) is 4. The van der Waals surface area contributed by atoms with Crippen LogP contribution in [0.4, 0.5) is 5.82 Å². The van der Waals surface area contributed by atoms with E-state index in [1.54, 1.807) is 7.05 Å². The van der Waals surface area contributed by atoms with Crippen LogP contribution in [0.15, 0.2) is 53.5 Å². The highest BCUT2D eigenvalue weighted by atomic mass is 16.5. The molecule has 0 unspecified atom stereocenters. The number of hydrogen-bond acceptors (Lipinski definition) is 5. The van der Waals surface area contributed by atoms with Crippen LogP contribution >= 0.6 is 0 Å². The first kappa shape index (κ1) is 24.0. The molecule has 32 heavy (non-hydrogen) atoms. The first-order valence-electron chi connectivity index (χ1n) is 11.6. The van der Waals surface area contributed by atoms with Gasteiger partial charge in [0.2, 0.25) is 0 Å². The van der Waals surface area contributed by atoms with E-state index in [9.17, 15) is 0 Å². The Morgan fingerprint density at radius 3 is 2.59 bits per heavy atom. The standard InChI is InChI=1S/C25H38N6O/c1-26-25(28-19-22-11-7-12-24(29-22)30(2)3)27-15-8-18-32-23-13-16-31(17-14-23)20-21-9-5-4-6-10-21/h4-7,9-12,23H,8,13-20H2,1-3H3,(H2,26,27,28). The molecule has 0 amide bonds. The minimum Gasteiger partial charge on any atom is -0.378 e. The molecule has 1 saturated heterocycles. The molecular formula is C25H38N6O. The second-order valence-electron chi connectivity index (χ2n) is 8.42. The van der Waals surface area contributed by atoms with Crippen molar-refractivity contribution in [2.45, 2.75) is 38.5 Å². The van der Waals surface area contributed by atoms with E-state index in [2.05, 4.69) is 55.8 Å². The van der Waals surface area contributed by atoms with Gasteiger partial charge in [-0.25, -0.2) is 4.98 Å². The maximum Gasteiger partial charge on any atom is 0.191 e. The average Bonchev–Trinajstić information content (AvgIpc) is 2.82. The Bertz CT molecular complexity index is 818. The van der Waals surface area contributed by atoms with Crippen molar-refractivity contribution in [2.75, 3.05) is 52.3 Å². The van der Waals surface area contributed by atoms with Crippen LogP contribution in [0.2, 0.25) is 0 Å². The zero-order valence-corrected chi connectivity index (χ0v) is 19.8. The molecule has 0 bridgehead atoms. The van der Waals surface area contributed by atoms with Crippen LogP contribution in [0.25, 0.3) is 0 Å². The number of rotatable bonds is 10. The lowest BCUT2D eigenvalue weighted by molar-refractivity contribution is 0.00534. The van der Waals surface area contributed by atoms with Gasteiger partial charge in [-0.05, 0) is 37.0 Å². The summed E-state index contributed by atoms with van der Waals surface area (Å²) in [5.74, 6) is 1.74. The number of nitrogens with one attached hydrogen (secondary N) is 2. The third kappa shape index (κ3) is 8.13. The maximum absolute atomic E-state index is 6.12. The summed E-state index contributed by atoms with van der Waals surface area (Å²) in [4.78, 5) is 13.5. The van der Waals surface area contributed by atoms with E-state index >= 15 is 0 Å². The Morgan fingerprint density at radius 2 is 1.88 bits per heavy atom. The largest absolute Gasteiger partial charge is 0.378 e. The Labute approximate surface area is 192 Å². The number of likely N-dealkylation sites (tertiary alicyclic amines) is 1. The number of pyridine rings is 1. The summed E-state index contributed by atoms with van der Waals surface area (Å²) < 4.78 is 6.12. The van der Waals surface area contributed by atoms with Crippen molar-refractivity contribution in [3.05, 3.63) is 59.8 Å². The van der Waals surface area contributed by atoms with Crippen molar-refractivity contribution in [3.8, 4) is 0 Å². The van der Waals surface area contributed by atoms with E-state index in [1.807, 2.05) is 37.2 Å². The molecule has 2 aromatic rings. The monoisotopic (exact) mass is 438 g/mol. The number of piperidine rings is 1. The van der Waals surface area contributed by atoms with Crippen molar-refractivity contribution < 1.29 is 4.74 Å². The molecule has 1 aromatic carbocycles. The van der Waals surface area contributed by atoms with Gasteiger partial charge in [0.1, 0.15) is 5.82 Å². The van der Waals surface area contributed by atoms with Crippen LogP contribution in [0.1, 0.15) is 30.5 Å². The topological polar surface area (TPSA) is 65.0 Å². The van der Waals surface area contributed by atoms with Gasteiger partial charge in [0, 0.05) is 53.9 Å². The molecule has 174 valence electrons. The molecule has 1 fully saturated rings. The molecule has 1 aliphatic heterocycles. The normalized spacial score (nSPS) is 15.5. The van der Waals surface area contributed by atoms with Crippen LogP contribution in [0.5, 0.6) is 0 Å². The lowest BCUT2D eigenvalue weighted by Crippen LogP contribution is -2.38. The van der Waals surface area contributed by atoms with Crippen LogP contribution in [0, 0.1) is 0 Å². The number of aliphatic imine (C=N–C) groups is 1. The number of hydrogen-bond donors (Lipinski definition) is 2. The number of guanidine groups is 1. The molecule has 2 heterocycles. The van der Waals surface area contributed by atoms with E-state index < -0.39 is 0 Å². The van der Waals surface area contributed by atoms with E-state index in [-0.39, 0.29) is 0 Å². The highest BCUT2D eigenvalue weighted by Crippen LogP contribution is 2.16. The lowest BCUT2D eigenvalue weighted by Gasteiger charge is -2.32. The molecule has 0 saturated carbocycles. The minimum absolute atomic E-state index is 0.384. The smallest absolute Gasteiger partial charge is 0.191 e. The fraction of sp³-hybridized carbons (Fsp3) is 0.520. The molecule has 0 spiro atoms. The molecule has 2 N–H and O–H groups in total. The predicted octanol–water partition coefficient (Wildman–Crippen LogP) is 2.88. The van der Waals surface area contributed by atoms with Gasteiger partial charge in [-0.1, -0.05) is 36.4 Å². The summed E-state index contributed by atoms with van der Waals surface area (Å²) in [5.41, 5.74) is 2.38. The highest BCUT2D eigenvalue weighted by Gasteiger charge is 2.19. The van der Waals surface area contributed by atoms with Gasteiger partial charge in [0.15, 0.2) is 5.96 Å². The van der Waals surface area contributed by atoms with Crippen molar-refractivity contribution in [3.63, 3.8) is 0 Å². The summed E-state index contributed by atoms with van der Waals surface area (Å²) >= 11 is 0. The van der Waals surface area contributed by atoms with Gasteiger partial charge in [-0.2, -0.15) is 0 Å². The molecule has 7 heteroatoms. The SMILES string of the molecule is CN=C(NCCCOC1CCN(Cc2ccccc2)CC1)NCc1cccc(N(C)C)n1. The summed E-state index contributed by atoms with van der Waals surface area (Å²) in [6.45, 7) is 5.50. The van der Waals surface area contributed by atoms with E-state index in [0.29, 0.717) is 12.6 Å². The van der Waals surface area contributed by atoms with Gasteiger partial charge < -0.3 is 20.3 Å². The Kier molecular flexibility index (Phi) is 9.78. The van der Waals surface area contributed by atoms with Gasteiger partial charge in [-0.3, -0.25) is 9.89 Å². The third-order valence-corrected chi connectivity index (χ3v) is 5.66. The van der Waals surface area contributed by atoms with Crippen molar-refractivity contribution >= 4 is 11.8 Å². The molecule has 7 nitrogen and oxygen atoms in total. The summed E-state index contributed by atoms with van der Waals surface area (Å²) in [5, 5.41) is 6.69. The Balaban J connectivity index is 1.26. The van der Waals surface area contributed by atoms with E-state index in [0.717, 1.165) is 69.5 Å². The highest BCUT2D eigenvalue weighted by molar-refractivity contribution is 5.79. The van der Waals surface area contributed by atoms with E-state index in [4.69, 9.17) is 4.74 Å². The van der Waals surface area contributed by atoms with Gasteiger partial charge >= 0.3 is 0 Å². The average molecular weight is 439 g/mol. The second kappa shape index (κ2) is 13.0. The first-order valence-corrected chi connectivity index (χ1v) is 11.6. The molecular weight excluding hydrogens is 400 g/mol. The zero-order chi connectivity index (χ0) is 22.6. The van der Waals surface area contributed by atoms with E-state index in [1.165, 1.54) is 5.56 Å². The van der Waals surface area contributed by atoms with Gasteiger partial charge in [-0.15, -0.1) is 0 Å². The molecule has 3 rings (SSSR count). The zero-order valence-electron chi connectivity index (χ0n) is 19.8. The number of benzene rings is 1. The fourth-order valence-corrected chi connectivity index (χ4v) is 3.81. The molecule has 1 aliphatic rings. The predicted molar refractivity (Wildman–Crippen MR) is 132 cm³/mol. The van der Waals surface area contributed by atoms with Gasteiger partial charge in [0.05, 0.1) is 18.3 Å². The number of anilines is 1. The summed E-state index contributed by atoms with van der Waals surface area (Å²) in [6.07, 6.45) is 3.57. The third-order valence-electron chi connectivity index (χ3n) is 5.66. The maximum atomic E-state index is 6.12. The molecule has 0 radical (unpaired) electrons. The quantitative estimate of drug-likeness (QED) is 0.338. The van der Waals surface area contributed by atoms with Crippen LogP contribution in [0.3, 0.4) is 0 Å². The Morgan fingerprint density at radius 1 is 1.09 bits per heavy atom. The first-order chi connectivity index (χ1) is 15.6. The summed E-state index contributed by atoms with van der Waals surface area (Å²) in [7, 11) is 5.78. The second-order valence-corrected chi connectivity index (χ2v) is 8.42. The van der Waals surface area contributed by atoms with Crippen molar-refractivity contribution in [2.24, 2.45) is 4.99 Å².